The van der Waals surface area contributed by atoms with Gasteiger partial charge in [-0.2, -0.15) is 0 Å². The Hall–Kier alpha value is -0.860. The van der Waals surface area contributed by atoms with Gasteiger partial charge in [0.25, 0.3) is 0 Å². The lowest BCUT2D eigenvalue weighted by molar-refractivity contribution is 0.421. The third-order valence-electron chi connectivity index (χ3n) is 3.36. The summed E-state index contributed by atoms with van der Waals surface area (Å²) in [6, 6.07) is 11.8. The summed E-state index contributed by atoms with van der Waals surface area (Å²) < 4.78 is 0. The van der Waals surface area contributed by atoms with Gasteiger partial charge in [0.15, 0.2) is 0 Å². The Morgan fingerprint density at radius 1 is 1.19 bits per heavy atom. The minimum absolute atomic E-state index is 0.462. The molecule has 0 aromatic heterocycles. The molecule has 1 aliphatic heterocycles. The highest BCUT2D eigenvalue weighted by molar-refractivity contribution is 5.18. The lowest BCUT2D eigenvalue weighted by atomic mass is 10.0. The van der Waals surface area contributed by atoms with Crippen LogP contribution in [0.1, 0.15) is 37.8 Å². The maximum atomic E-state index is 3.74. The molecule has 0 amide bonds. The highest BCUT2D eigenvalue weighted by Crippen LogP contribution is 2.15. The smallest absolute Gasteiger partial charge is 0.0294 e. The highest BCUT2D eigenvalue weighted by atomic mass is 15.0. The topological polar surface area (TPSA) is 24.1 Å². The summed E-state index contributed by atoms with van der Waals surface area (Å²) in [6.07, 6.45) is 3.83. The van der Waals surface area contributed by atoms with E-state index in [1.165, 1.54) is 31.4 Å². The zero-order valence-electron chi connectivity index (χ0n) is 10.1. The zero-order chi connectivity index (χ0) is 11.2. The molecular weight excluding hydrogens is 196 g/mol. The molecule has 16 heavy (non-hydrogen) atoms. The Bertz CT molecular complexity index is 289. The van der Waals surface area contributed by atoms with Gasteiger partial charge in [-0.25, -0.2) is 0 Å². The second-order valence-corrected chi connectivity index (χ2v) is 4.68. The van der Waals surface area contributed by atoms with Crippen molar-refractivity contribution >= 4 is 0 Å². The molecule has 2 N–H and O–H groups in total. The van der Waals surface area contributed by atoms with Crippen LogP contribution in [0.5, 0.6) is 0 Å². The van der Waals surface area contributed by atoms with Crippen LogP contribution >= 0.6 is 0 Å². The van der Waals surface area contributed by atoms with E-state index in [1.54, 1.807) is 0 Å². The molecule has 1 aromatic carbocycles. The van der Waals surface area contributed by atoms with Crippen molar-refractivity contribution in [3.63, 3.8) is 0 Å². The lowest BCUT2D eigenvalue weighted by Gasteiger charge is -2.22. The van der Waals surface area contributed by atoms with Crippen molar-refractivity contribution in [3.05, 3.63) is 35.9 Å². The molecule has 0 aliphatic carbocycles. The number of hydrogen-bond donors (Lipinski definition) is 2. The van der Waals surface area contributed by atoms with Crippen molar-refractivity contribution in [1.29, 1.82) is 0 Å². The van der Waals surface area contributed by atoms with Crippen LogP contribution in [0.3, 0.4) is 0 Å². The van der Waals surface area contributed by atoms with Gasteiger partial charge in [-0.3, -0.25) is 0 Å². The largest absolute Gasteiger partial charge is 0.317 e. The van der Waals surface area contributed by atoms with Crippen molar-refractivity contribution in [2.24, 2.45) is 0 Å². The zero-order valence-corrected chi connectivity index (χ0v) is 10.1. The summed E-state index contributed by atoms with van der Waals surface area (Å²) in [4.78, 5) is 0. The fourth-order valence-electron chi connectivity index (χ4n) is 2.38. The molecule has 88 valence electrons. The van der Waals surface area contributed by atoms with Crippen molar-refractivity contribution in [2.45, 2.75) is 38.3 Å². The predicted molar refractivity (Wildman–Crippen MR) is 68.5 cm³/mol. The first kappa shape index (κ1) is 11.6. The van der Waals surface area contributed by atoms with E-state index in [2.05, 4.69) is 47.9 Å². The van der Waals surface area contributed by atoms with E-state index in [4.69, 9.17) is 0 Å². The molecule has 1 aromatic rings. The fraction of sp³-hybridized carbons (Fsp3) is 0.571. The lowest BCUT2D eigenvalue weighted by Crippen LogP contribution is -2.32. The standard InChI is InChI=1S/C14H22N2/c1-12(13-6-3-2-4-7-13)16-14-8-5-10-15-11-9-14/h2-4,6-7,12,14-16H,5,8-11H2,1H3/t12-,14?/m0/s1. The van der Waals surface area contributed by atoms with Gasteiger partial charge in [0.1, 0.15) is 0 Å². The summed E-state index contributed by atoms with van der Waals surface area (Å²) in [5, 5.41) is 7.19. The fourth-order valence-corrected chi connectivity index (χ4v) is 2.38. The minimum Gasteiger partial charge on any atom is -0.317 e. The van der Waals surface area contributed by atoms with Crippen molar-refractivity contribution in [3.8, 4) is 0 Å². The Labute approximate surface area is 98.4 Å². The molecule has 2 heteroatoms. The number of hydrogen-bond acceptors (Lipinski definition) is 2. The molecular formula is C14H22N2. The summed E-state index contributed by atoms with van der Waals surface area (Å²) in [5.41, 5.74) is 1.39. The summed E-state index contributed by atoms with van der Waals surface area (Å²) >= 11 is 0. The van der Waals surface area contributed by atoms with Crippen LogP contribution in [0.4, 0.5) is 0 Å². The molecule has 0 saturated carbocycles. The molecule has 0 radical (unpaired) electrons. The van der Waals surface area contributed by atoms with Crippen LogP contribution in [0.2, 0.25) is 0 Å². The predicted octanol–water partition coefficient (Wildman–Crippen LogP) is 2.48. The number of nitrogens with one attached hydrogen (secondary N) is 2. The second kappa shape index (κ2) is 6.02. The Kier molecular flexibility index (Phi) is 4.37. The third-order valence-corrected chi connectivity index (χ3v) is 3.36. The summed E-state index contributed by atoms with van der Waals surface area (Å²) in [7, 11) is 0. The van der Waals surface area contributed by atoms with Gasteiger partial charge in [-0.05, 0) is 44.8 Å². The Morgan fingerprint density at radius 2 is 2.00 bits per heavy atom. The SMILES string of the molecule is C[C@H](NC1CCCNCC1)c1ccccc1. The first-order valence-electron chi connectivity index (χ1n) is 6.38. The van der Waals surface area contributed by atoms with Crippen molar-refractivity contribution in [2.75, 3.05) is 13.1 Å². The molecule has 0 bridgehead atoms. The molecule has 1 fully saturated rings. The number of benzene rings is 1. The van der Waals surface area contributed by atoms with Gasteiger partial charge in [-0.15, -0.1) is 0 Å². The van der Waals surface area contributed by atoms with Gasteiger partial charge >= 0.3 is 0 Å². The quantitative estimate of drug-likeness (QED) is 0.814. The summed E-state index contributed by atoms with van der Waals surface area (Å²) in [5.74, 6) is 0. The van der Waals surface area contributed by atoms with Crippen molar-refractivity contribution < 1.29 is 0 Å². The van der Waals surface area contributed by atoms with Crippen molar-refractivity contribution in [1.82, 2.24) is 10.6 Å². The maximum Gasteiger partial charge on any atom is 0.0294 e. The molecule has 1 aliphatic rings. The monoisotopic (exact) mass is 218 g/mol. The van der Waals surface area contributed by atoms with E-state index in [0.717, 1.165) is 6.54 Å². The molecule has 0 spiro atoms. The molecule has 2 atom stereocenters. The van der Waals surface area contributed by atoms with E-state index in [9.17, 15) is 0 Å². The van der Waals surface area contributed by atoms with Crippen LogP contribution in [0.15, 0.2) is 30.3 Å². The highest BCUT2D eigenvalue weighted by Gasteiger charge is 2.14. The average molecular weight is 218 g/mol. The van der Waals surface area contributed by atoms with Gasteiger partial charge in [0.2, 0.25) is 0 Å². The van der Waals surface area contributed by atoms with Gasteiger partial charge < -0.3 is 10.6 Å². The van der Waals surface area contributed by atoms with Crippen LogP contribution in [-0.2, 0) is 0 Å². The maximum absolute atomic E-state index is 3.74. The molecule has 1 heterocycles. The molecule has 2 rings (SSSR count). The van der Waals surface area contributed by atoms with Crippen LogP contribution < -0.4 is 10.6 Å². The Morgan fingerprint density at radius 3 is 2.81 bits per heavy atom. The van der Waals surface area contributed by atoms with E-state index < -0.39 is 0 Å². The van der Waals surface area contributed by atoms with E-state index in [0.29, 0.717) is 12.1 Å². The molecule has 1 unspecified atom stereocenters. The molecule has 2 nitrogen and oxygen atoms in total. The van der Waals surface area contributed by atoms with Gasteiger partial charge in [0, 0.05) is 12.1 Å². The van der Waals surface area contributed by atoms with E-state index in [1.807, 2.05) is 0 Å². The van der Waals surface area contributed by atoms with Crippen LogP contribution in [0, 0.1) is 0 Å². The first-order chi connectivity index (χ1) is 7.86. The van der Waals surface area contributed by atoms with E-state index in [-0.39, 0.29) is 0 Å². The summed E-state index contributed by atoms with van der Waals surface area (Å²) in [6.45, 7) is 4.59. The van der Waals surface area contributed by atoms with Crippen LogP contribution in [-0.4, -0.2) is 19.1 Å². The van der Waals surface area contributed by atoms with Gasteiger partial charge in [0.05, 0.1) is 0 Å². The normalized spacial score (nSPS) is 23.7. The third kappa shape index (κ3) is 3.32. The van der Waals surface area contributed by atoms with Gasteiger partial charge in [-0.1, -0.05) is 30.3 Å². The second-order valence-electron chi connectivity index (χ2n) is 4.68. The Balaban J connectivity index is 1.88. The minimum atomic E-state index is 0.462. The number of rotatable bonds is 3. The average Bonchev–Trinajstić information content (AvgIpc) is 2.59. The van der Waals surface area contributed by atoms with Crippen LogP contribution in [0.25, 0.3) is 0 Å². The first-order valence-corrected chi connectivity index (χ1v) is 6.38. The van der Waals surface area contributed by atoms with E-state index >= 15 is 0 Å². The molecule has 1 saturated heterocycles.